The number of pyridine rings is 1. The quantitative estimate of drug-likeness (QED) is 0.378. The first kappa shape index (κ1) is 23.9. The van der Waals surface area contributed by atoms with E-state index in [-0.39, 0.29) is 11.5 Å². The molecule has 3 heterocycles. The molecular weight excluding hydrogens is 474 g/mol. The molecule has 0 spiro atoms. The smallest absolute Gasteiger partial charge is 0.258 e. The highest BCUT2D eigenvalue weighted by molar-refractivity contribution is 6.04. The van der Waals surface area contributed by atoms with Gasteiger partial charge >= 0.3 is 0 Å². The number of likely N-dealkylation sites (N-methyl/N-ethyl adjacent to an activating group) is 1. The maximum absolute atomic E-state index is 13.3. The lowest BCUT2D eigenvalue weighted by molar-refractivity contribution is 0.102. The van der Waals surface area contributed by atoms with Gasteiger partial charge in [0.15, 0.2) is 0 Å². The van der Waals surface area contributed by atoms with E-state index in [0.29, 0.717) is 17.5 Å². The molecule has 1 aliphatic rings. The van der Waals surface area contributed by atoms with Crippen molar-refractivity contribution in [2.45, 2.75) is 19.5 Å². The number of aryl methyl sites for hydroxylation is 1. The van der Waals surface area contributed by atoms with Gasteiger partial charge in [0.1, 0.15) is 0 Å². The molecule has 0 bridgehead atoms. The van der Waals surface area contributed by atoms with Crippen molar-refractivity contribution in [2.75, 3.05) is 18.9 Å². The Hall–Kier alpha value is -4.49. The molecule has 0 saturated heterocycles. The molecule has 0 saturated carbocycles. The fourth-order valence-electron chi connectivity index (χ4n) is 5.21. The monoisotopic (exact) mass is 503 g/mol. The summed E-state index contributed by atoms with van der Waals surface area (Å²) >= 11 is 0. The van der Waals surface area contributed by atoms with Crippen LogP contribution in [0.4, 0.5) is 5.69 Å². The topological polar surface area (TPSA) is 72.2 Å². The van der Waals surface area contributed by atoms with Crippen LogP contribution in [0.1, 0.15) is 27.0 Å². The van der Waals surface area contributed by atoms with Gasteiger partial charge in [0.05, 0.1) is 12.2 Å². The van der Waals surface area contributed by atoms with Crippen LogP contribution in [-0.2, 0) is 26.6 Å². The lowest BCUT2D eigenvalue weighted by atomic mass is 9.99. The molecule has 38 heavy (non-hydrogen) atoms. The molecule has 7 nitrogen and oxygen atoms in total. The normalized spacial score (nSPS) is 13.4. The zero-order chi connectivity index (χ0) is 26.2. The predicted molar refractivity (Wildman–Crippen MR) is 150 cm³/mol. The van der Waals surface area contributed by atoms with Crippen molar-refractivity contribution in [3.05, 3.63) is 118 Å². The summed E-state index contributed by atoms with van der Waals surface area (Å²) in [6.45, 7) is 2.34. The van der Waals surface area contributed by atoms with E-state index in [2.05, 4.69) is 34.5 Å². The Labute approximate surface area is 221 Å². The number of benzene rings is 3. The molecule has 7 heteroatoms. The van der Waals surface area contributed by atoms with E-state index in [1.54, 1.807) is 16.8 Å². The third kappa shape index (κ3) is 4.64. The summed E-state index contributed by atoms with van der Waals surface area (Å²) in [6, 6.07) is 23.4. The average Bonchev–Trinajstić information content (AvgIpc) is 3.36. The number of hydrogen-bond acceptors (Lipinski definition) is 4. The van der Waals surface area contributed by atoms with E-state index in [1.165, 1.54) is 11.1 Å². The second kappa shape index (κ2) is 9.76. The second-order valence-electron chi connectivity index (χ2n) is 10.0. The van der Waals surface area contributed by atoms with Gasteiger partial charge in [0, 0.05) is 54.7 Å². The molecule has 0 atom stereocenters. The number of amides is 1. The van der Waals surface area contributed by atoms with Crippen LogP contribution >= 0.6 is 0 Å². The molecule has 1 N–H and O–H groups in total. The number of rotatable bonds is 5. The number of anilines is 1. The third-order valence-electron chi connectivity index (χ3n) is 7.30. The van der Waals surface area contributed by atoms with Crippen LogP contribution in [0.15, 0.2) is 90.0 Å². The zero-order valence-corrected chi connectivity index (χ0v) is 21.5. The van der Waals surface area contributed by atoms with E-state index in [0.717, 1.165) is 47.4 Å². The van der Waals surface area contributed by atoms with Crippen LogP contribution in [0.3, 0.4) is 0 Å². The average molecular weight is 504 g/mol. The number of fused-ring (bicyclic) bond motifs is 2. The summed E-state index contributed by atoms with van der Waals surface area (Å²) in [7, 11) is 4.02. The van der Waals surface area contributed by atoms with Crippen molar-refractivity contribution < 1.29 is 4.79 Å². The zero-order valence-electron chi connectivity index (χ0n) is 21.5. The Morgan fingerprint density at radius 2 is 1.87 bits per heavy atom. The van der Waals surface area contributed by atoms with Gasteiger partial charge in [0.2, 0.25) is 0 Å². The third-order valence-corrected chi connectivity index (χ3v) is 7.30. The number of aromatic nitrogens is 3. The maximum Gasteiger partial charge on any atom is 0.258 e. The van der Waals surface area contributed by atoms with Gasteiger partial charge in [-0.3, -0.25) is 14.3 Å². The van der Waals surface area contributed by atoms with Gasteiger partial charge in [-0.2, -0.15) is 5.10 Å². The summed E-state index contributed by atoms with van der Waals surface area (Å²) in [6.07, 6.45) is 4.56. The van der Waals surface area contributed by atoms with E-state index in [1.807, 2.05) is 72.5 Å². The van der Waals surface area contributed by atoms with E-state index in [4.69, 9.17) is 0 Å². The molecule has 190 valence electrons. The first-order chi connectivity index (χ1) is 18.4. The van der Waals surface area contributed by atoms with Crippen molar-refractivity contribution in [3.63, 3.8) is 0 Å². The number of nitrogens with zero attached hydrogens (tertiary/aromatic N) is 4. The maximum atomic E-state index is 13.3. The molecule has 0 aliphatic carbocycles. The first-order valence-electron chi connectivity index (χ1n) is 12.8. The molecule has 1 aliphatic heterocycles. The lowest BCUT2D eigenvalue weighted by Gasteiger charge is -2.25. The van der Waals surface area contributed by atoms with E-state index < -0.39 is 0 Å². The fraction of sp³-hybridized carbons (Fsp3) is 0.194. The number of carbonyl (C=O) groups is 1. The van der Waals surface area contributed by atoms with E-state index in [9.17, 15) is 9.59 Å². The Kier molecular flexibility index (Phi) is 6.13. The fourth-order valence-corrected chi connectivity index (χ4v) is 5.21. The molecular formula is C31H29N5O2. The standard InChI is InChI=1S/C31H29N5O2/c1-34-14-11-22-18-27(8-6-26(22)20-34)33-30(37)25-5-3-4-21(16-25)19-36-15-12-23-17-24(7-9-28(23)31(36)38)29-10-13-32-35(29)2/h3-10,12-13,15-18H,11,14,19-20H2,1-2H3,(H,33,37). The van der Waals surface area contributed by atoms with E-state index >= 15 is 0 Å². The Bertz CT molecular complexity index is 1730. The molecule has 1 amide bonds. The van der Waals surface area contributed by atoms with Crippen LogP contribution in [0, 0.1) is 0 Å². The summed E-state index contributed by atoms with van der Waals surface area (Å²) in [5, 5.41) is 8.82. The molecule has 5 aromatic rings. The molecule has 0 radical (unpaired) electrons. The molecule has 6 rings (SSSR count). The Balaban J connectivity index is 1.21. The summed E-state index contributed by atoms with van der Waals surface area (Å²) in [4.78, 5) is 28.6. The summed E-state index contributed by atoms with van der Waals surface area (Å²) in [5.74, 6) is -0.159. The summed E-state index contributed by atoms with van der Waals surface area (Å²) < 4.78 is 3.50. The van der Waals surface area contributed by atoms with Crippen LogP contribution in [0.2, 0.25) is 0 Å². The highest BCUT2D eigenvalue weighted by Crippen LogP contribution is 2.24. The summed E-state index contributed by atoms with van der Waals surface area (Å²) in [5.41, 5.74) is 6.81. The van der Waals surface area contributed by atoms with Crippen molar-refractivity contribution in [1.29, 1.82) is 0 Å². The van der Waals surface area contributed by atoms with Crippen molar-refractivity contribution in [2.24, 2.45) is 7.05 Å². The SMILES string of the molecule is CN1CCc2cc(NC(=O)c3cccc(Cn4ccc5cc(-c6ccnn6C)ccc5c4=O)c3)ccc2C1. The van der Waals surface area contributed by atoms with Gasteiger partial charge in [-0.25, -0.2) is 0 Å². The minimum Gasteiger partial charge on any atom is -0.322 e. The van der Waals surface area contributed by atoms with Gasteiger partial charge in [-0.05, 0) is 84.1 Å². The highest BCUT2D eigenvalue weighted by Gasteiger charge is 2.15. The van der Waals surface area contributed by atoms with Crippen molar-refractivity contribution in [1.82, 2.24) is 19.2 Å². The Morgan fingerprint density at radius 1 is 0.974 bits per heavy atom. The van der Waals surface area contributed by atoms with Gasteiger partial charge in [-0.1, -0.05) is 24.3 Å². The van der Waals surface area contributed by atoms with Crippen LogP contribution in [-0.4, -0.2) is 38.7 Å². The molecule has 0 fully saturated rings. The number of carbonyl (C=O) groups excluding carboxylic acids is 1. The van der Waals surface area contributed by atoms with Crippen LogP contribution in [0.5, 0.6) is 0 Å². The van der Waals surface area contributed by atoms with Gasteiger partial charge in [0.25, 0.3) is 11.5 Å². The van der Waals surface area contributed by atoms with Crippen molar-refractivity contribution >= 4 is 22.4 Å². The minimum absolute atomic E-state index is 0.0615. The predicted octanol–water partition coefficient (Wildman–Crippen LogP) is 4.69. The van der Waals surface area contributed by atoms with Gasteiger partial charge < -0.3 is 14.8 Å². The minimum atomic E-state index is -0.159. The second-order valence-corrected chi connectivity index (χ2v) is 10.0. The Morgan fingerprint density at radius 3 is 2.71 bits per heavy atom. The molecule has 2 aromatic heterocycles. The largest absolute Gasteiger partial charge is 0.322 e. The van der Waals surface area contributed by atoms with Crippen LogP contribution < -0.4 is 10.9 Å². The molecule has 0 unspecified atom stereocenters. The van der Waals surface area contributed by atoms with Crippen LogP contribution in [0.25, 0.3) is 22.0 Å². The number of hydrogen-bond donors (Lipinski definition) is 1. The lowest BCUT2D eigenvalue weighted by Crippen LogP contribution is -2.26. The first-order valence-corrected chi connectivity index (χ1v) is 12.8. The molecule has 3 aromatic carbocycles. The van der Waals surface area contributed by atoms with Crippen molar-refractivity contribution in [3.8, 4) is 11.3 Å². The van der Waals surface area contributed by atoms with Gasteiger partial charge in [-0.15, -0.1) is 0 Å². The number of nitrogens with one attached hydrogen (secondary N) is 1. The highest BCUT2D eigenvalue weighted by atomic mass is 16.1.